The number of thioether (sulfide) groups is 1. The van der Waals surface area contributed by atoms with Gasteiger partial charge in [-0.05, 0) is 35.2 Å². The number of aliphatic hydroxyl groups is 1. The molecule has 1 aliphatic heterocycles. The summed E-state index contributed by atoms with van der Waals surface area (Å²) >= 11 is 1.66. The summed E-state index contributed by atoms with van der Waals surface area (Å²) in [5, 5.41) is 9.45. The van der Waals surface area contributed by atoms with Crippen LogP contribution in [0, 0.1) is 0 Å². The molecule has 0 saturated heterocycles. The Morgan fingerprint density at radius 1 is 1.08 bits per heavy atom. The number of nitrogens with zero attached hydrogens (tertiary/aromatic N) is 1. The summed E-state index contributed by atoms with van der Waals surface area (Å²) in [6.45, 7) is 0.333. The van der Waals surface area contributed by atoms with Gasteiger partial charge in [-0.1, -0.05) is 36.4 Å². The van der Waals surface area contributed by atoms with Crippen LogP contribution in [0.5, 0.6) is 0 Å². The highest BCUT2D eigenvalue weighted by Crippen LogP contribution is 2.31. The SMILES string of the molecule is OC(N1CCc2ccc(SCc3ccccc3)cc2C1)C(F)(F)F. The normalized spacial score (nSPS) is 16.7. The van der Waals surface area contributed by atoms with Crippen molar-refractivity contribution < 1.29 is 18.3 Å². The second-order valence-electron chi connectivity index (χ2n) is 5.84. The van der Waals surface area contributed by atoms with Gasteiger partial charge in [-0.15, -0.1) is 11.8 Å². The average molecular weight is 353 g/mol. The van der Waals surface area contributed by atoms with E-state index < -0.39 is 12.4 Å². The lowest BCUT2D eigenvalue weighted by molar-refractivity contribution is -0.252. The van der Waals surface area contributed by atoms with Gasteiger partial charge in [-0.25, -0.2) is 0 Å². The molecule has 0 bridgehead atoms. The molecular weight excluding hydrogens is 335 g/mol. The van der Waals surface area contributed by atoms with E-state index in [2.05, 4.69) is 0 Å². The molecule has 0 saturated carbocycles. The molecule has 3 rings (SSSR count). The highest BCUT2D eigenvalue weighted by atomic mass is 32.2. The number of aliphatic hydroxyl groups excluding tert-OH is 1. The number of rotatable bonds is 4. The van der Waals surface area contributed by atoms with Crippen molar-refractivity contribution in [3.63, 3.8) is 0 Å². The Labute approximate surface area is 143 Å². The molecule has 128 valence electrons. The number of fused-ring (bicyclic) bond motifs is 1. The van der Waals surface area contributed by atoms with Crippen molar-refractivity contribution in [3.8, 4) is 0 Å². The maximum absolute atomic E-state index is 12.7. The highest BCUT2D eigenvalue weighted by molar-refractivity contribution is 7.98. The van der Waals surface area contributed by atoms with Crippen molar-refractivity contribution in [2.45, 2.75) is 36.0 Å². The molecule has 0 radical (unpaired) electrons. The zero-order valence-corrected chi connectivity index (χ0v) is 13.8. The number of hydrogen-bond acceptors (Lipinski definition) is 3. The fourth-order valence-corrected chi connectivity index (χ4v) is 3.72. The van der Waals surface area contributed by atoms with Gasteiger partial charge in [0, 0.05) is 23.7 Å². The van der Waals surface area contributed by atoms with Crippen LogP contribution in [0.15, 0.2) is 53.4 Å². The topological polar surface area (TPSA) is 23.5 Å². The molecule has 0 aromatic heterocycles. The predicted molar refractivity (Wildman–Crippen MR) is 88.6 cm³/mol. The lowest BCUT2D eigenvalue weighted by Crippen LogP contribution is -2.47. The predicted octanol–water partition coefficient (Wildman–Crippen LogP) is 4.22. The molecule has 6 heteroatoms. The number of hydrogen-bond donors (Lipinski definition) is 1. The second kappa shape index (κ2) is 7.17. The van der Waals surface area contributed by atoms with Gasteiger partial charge < -0.3 is 5.11 Å². The largest absolute Gasteiger partial charge is 0.428 e. The first-order valence-corrected chi connectivity index (χ1v) is 8.69. The van der Waals surface area contributed by atoms with Gasteiger partial charge in [0.05, 0.1) is 0 Å². The molecule has 2 nitrogen and oxygen atoms in total. The summed E-state index contributed by atoms with van der Waals surface area (Å²) < 4.78 is 38.1. The Kier molecular flexibility index (Phi) is 5.18. The molecule has 1 heterocycles. The lowest BCUT2D eigenvalue weighted by atomic mass is 10.00. The van der Waals surface area contributed by atoms with Crippen molar-refractivity contribution in [1.82, 2.24) is 4.90 Å². The minimum absolute atomic E-state index is 0.121. The third-order valence-corrected chi connectivity index (χ3v) is 5.17. The van der Waals surface area contributed by atoms with Crippen LogP contribution >= 0.6 is 11.8 Å². The van der Waals surface area contributed by atoms with Crippen LogP contribution in [0.1, 0.15) is 16.7 Å². The van der Waals surface area contributed by atoms with E-state index in [1.54, 1.807) is 11.8 Å². The number of halogens is 3. The monoisotopic (exact) mass is 353 g/mol. The van der Waals surface area contributed by atoms with Crippen LogP contribution in [0.2, 0.25) is 0 Å². The summed E-state index contributed by atoms with van der Waals surface area (Å²) in [5.41, 5.74) is 3.13. The van der Waals surface area contributed by atoms with Gasteiger partial charge in [0.2, 0.25) is 6.23 Å². The smallest absolute Gasteiger partial charge is 0.370 e. The average Bonchev–Trinajstić information content (AvgIpc) is 2.58. The van der Waals surface area contributed by atoms with Crippen LogP contribution in [0.4, 0.5) is 13.2 Å². The van der Waals surface area contributed by atoms with Crippen LogP contribution in [-0.2, 0) is 18.7 Å². The Bertz CT molecular complexity index is 690. The zero-order valence-electron chi connectivity index (χ0n) is 13.0. The van der Waals surface area contributed by atoms with Gasteiger partial charge in [0.1, 0.15) is 0 Å². The van der Waals surface area contributed by atoms with Crippen LogP contribution < -0.4 is 0 Å². The second-order valence-corrected chi connectivity index (χ2v) is 6.89. The molecule has 0 amide bonds. The van der Waals surface area contributed by atoms with Crippen LogP contribution in [0.25, 0.3) is 0 Å². The van der Waals surface area contributed by atoms with Gasteiger partial charge in [0.15, 0.2) is 0 Å². The third-order valence-electron chi connectivity index (χ3n) is 4.11. The van der Waals surface area contributed by atoms with Gasteiger partial charge in [-0.3, -0.25) is 4.90 Å². The molecule has 1 atom stereocenters. The standard InChI is InChI=1S/C18H18F3NOS/c19-18(20,21)17(23)22-9-8-14-6-7-16(10-15(14)11-22)24-12-13-4-2-1-3-5-13/h1-7,10,17,23H,8-9,11-12H2. The van der Waals surface area contributed by atoms with E-state index in [-0.39, 0.29) is 13.1 Å². The third kappa shape index (κ3) is 4.12. The van der Waals surface area contributed by atoms with Crippen molar-refractivity contribution in [2.24, 2.45) is 0 Å². The Morgan fingerprint density at radius 3 is 2.54 bits per heavy atom. The van der Waals surface area contributed by atoms with Crippen LogP contribution in [-0.4, -0.2) is 29.0 Å². The summed E-state index contributed by atoms with van der Waals surface area (Å²) in [6.07, 6.45) is -6.49. The molecule has 2 aromatic rings. The Morgan fingerprint density at radius 2 is 1.83 bits per heavy atom. The molecule has 1 N–H and O–H groups in total. The quantitative estimate of drug-likeness (QED) is 0.833. The first kappa shape index (κ1) is 17.3. The Hall–Kier alpha value is -1.50. The molecular formula is C18H18F3NOS. The summed E-state index contributed by atoms with van der Waals surface area (Å²) in [6, 6.07) is 16.0. The number of alkyl halides is 3. The molecule has 24 heavy (non-hydrogen) atoms. The first-order valence-electron chi connectivity index (χ1n) is 7.71. The fraction of sp³-hybridized carbons (Fsp3) is 0.333. The van der Waals surface area contributed by atoms with Gasteiger partial charge in [-0.2, -0.15) is 13.2 Å². The molecule has 1 aliphatic rings. The molecule has 2 aromatic carbocycles. The highest BCUT2D eigenvalue weighted by Gasteiger charge is 2.43. The zero-order chi connectivity index (χ0) is 17.2. The van der Waals surface area contributed by atoms with Crippen molar-refractivity contribution in [1.29, 1.82) is 0 Å². The lowest BCUT2D eigenvalue weighted by Gasteiger charge is -2.33. The minimum atomic E-state index is -4.61. The van der Waals surface area contributed by atoms with Gasteiger partial charge in [0.25, 0.3) is 0 Å². The molecule has 0 fully saturated rings. The van der Waals surface area contributed by atoms with Crippen molar-refractivity contribution >= 4 is 11.8 Å². The van der Waals surface area contributed by atoms with Crippen molar-refractivity contribution in [2.75, 3.05) is 6.54 Å². The molecule has 0 aliphatic carbocycles. The number of benzene rings is 2. The van der Waals surface area contributed by atoms with Crippen molar-refractivity contribution in [3.05, 3.63) is 65.2 Å². The first-order chi connectivity index (χ1) is 11.4. The van der Waals surface area contributed by atoms with E-state index >= 15 is 0 Å². The van der Waals surface area contributed by atoms with E-state index in [9.17, 15) is 18.3 Å². The maximum atomic E-state index is 12.7. The van der Waals surface area contributed by atoms with Crippen LogP contribution in [0.3, 0.4) is 0 Å². The maximum Gasteiger partial charge on any atom is 0.428 e. The molecule has 0 spiro atoms. The minimum Gasteiger partial charge on any atom is -0.370 e. The summed E-state index contributed by atoms with van der Waals surface area (Å²) in [5.74, 6) is 0.814. The Balaban J connectivity index is 1.69. The van der Waals surface area contributed by atoms with E-state index in [0.717, 1.165) is 26.7 Å². The summed E-state index contributed by atoms with van der Waals surface area (Å²) in [7, 11) is 0. The van der Waals surface area contributed by atoms with Gasteiger partial charge >= 0.3 is 6.18 Å². The van der Waals surface area contributed by atoms with E-state index in [0.29, 0.717) is 6.42 Å². The van der Waals surface area contributed by atoms with E-state index in [4.69, 9.17) is 0 Å². The molecule has 1 unspecified atom stereocenters. The fourth-order valence-electron chi connectivity index (χ4n) is 2.80. The van der Waals surface area contributed by atoms with E-state index in [1.807, 2.05) is 48.5 Å². The van der Waals surface area contributed by atoms with E-state index in [1.165, 1.54) is 5.56 Å². The summed E-state index contributed by atoms with van der Waals surface area (Å²) in [4.78, 5) is 2.11.